The lowest BCUT2D eigenvalue weighted by atomic mass is 10.3. The fourth-order valence-electron chi connectivity index (χ4n) is 2.06. The van der Waals surface area contributed by atoms with Crippen LogP contribution in [0.5, 0.6) is 5.75 Å². The molecule has 0 radical (unpaired) electrons. The Morgan fingerprint density at radius 3 is 2.70 bits per heavy atom. The van der Waals surface area contributed by atoms with Crippen molar-refractivity contribution in [3.8, 4) is 5.75 Å². The molecule has 0 unspecified atom stereocenters. The normalized spacial score (nSPS) is 16.9. The molecule has 1 aliphatic rings. The maximum atomic E-state index is 11.9. The summed E-state index contributed by atoms with van der Waals surface area (Å²) in [5, 5.41) is 11.2. The summed E-state index contributed by atoms with van der Waals surface area (Å²) in [5.41, 5.74) is 0.360. The second-order valence-corrected chi connectivity index (χ2v) is 7.37. The Morgan fingerprint density at radius 1 is 1.39 bits per heavy atom. The lowest BCUT2D eigenvalue weighted by molar-refractivity contribution is -0.139. The van der Waals surface area contributed by atoms with Crippen molar-refractivity contribution >= 4 is 39.2 Å². The van der Waals surface area contributed by atoms with Crippen molar-refractivity contribution in [2.75, 3.05) is 30.8 Å². The molecule has 1 aliphatic heterocycles. The molecule has 1 heterocycles. The van der Waals surface area contributed by atoms with E-state index in [4.69, 9.17) is 21.4 Å². The van der Waals surface area contributed by atoms with Crippen molar-refractivity contribution < 1.29 is 27.9 Å². The first-order valence-electron chi connectivity index (χ1n) is 6.70. The summed E-state index contributed by atoms with van der Waals surface area (Å²) in [6.45, 7) is -0.450. The molecular weight excluding hydrogens is 348 g/mol. The van der Waals surface area contributed by atoms with Gasteiger partial charge in [0.2, 0.25) is 15.9 Å². The van der Waals surface area contributed by atoms with E-state index >= 15 is 0 Å². The van der Waals surface area contributed by atoms with E-state index in [1.165, 1.54) is 18.2 Å². The minimum absolute atomic E-state index is 0.0573. The molecule has 1 saturated heterocycles. The van der Waals surface area contributed by atoms with E-state index in [1.54, 1.807) is 0 Å². The summed E-state index contributed by atoms with van der Waals surface area (Å²) >= 11 is 5.94. The van der Waals surface area contributed by atoms with Crippen LogP contribution in [0.15, 0.2) is 18.2 Å². The molecular formula is C13H15ClN2O6S. The summed E-state index contributed by atoms with van der Waals surface area (Å²) in [4.78, 5) is 22.3. The number of rotatable bonds is 6. The molecule has 2 rings (SSSR count). The fourth-order valence-corrected chi connectivity index (χ4v) is 3.77. The fraction of sp³-hybridized carbons (Fsp3) is 0.385. The van der Waals surface area contributed by atoms with Crippen LogP contribution in [0, 0.1) is 0 Å². The average molecular weight is 363 g/mol. The second-order valence-electron chi connectivity index (χ2n) is 4.88. The van der Waals surface area contributed by atoms with Crippen LogP contribution in [0.4, 0.5) is 5.69 Å². The molecule has 0 aliphatic carbocycles. The number of sulfonamides is 1. The van der Waals surface area contributed by atoms with E-state index in [0.29, 0.717) is 18.7 Å². The van der Waals surface area contributed by atoms with Gasteiger partial charge >= 0.3 is 5.97 Å². The van der Waals surface area contributed by atoms with Crippen molar-refractivity contribution in [1.82, 2.24) is 4.31 Å². The number of carboxylic acids is 1. The van der Waals surface area contributed by atoms with Crippen molar-refractivity contribution in [2.24, 2.45) is 0 Å². The third-order valence-electron chi connectivity index (χ3n) is 3.09. The van der Waals surface area contributed by atoms with E-state index < -0.39 is 28.5 Å². The molecule has 0 spiro atoms. The predicted molar refractivity (Wildman–Crippen MR) is 83.2 cm³/mol. The van der Waals surface area contributed by atoms with Crippen LogP contribution in [-0.2, 0) is 19.6 Å². The number of halogens is 1. The van der Waals surface area contributed by atoms with Crippen LogP contribution >= 0.6 is 11.6 Å². The van der Waals surface area contributed by atoms with Gasteiger partial charge < -0.3 is 15.2 Å². The highest BCUT2D eigenvalue weighted by molar-refractivity contribution is 7.89. The number of hydrogen-bond acceptors (Lipinski definition) is 5. The number of nitrogens with zero attached hydrogens (tertiary/aromatic N) is 1. The molecule has 126 valence electrons. The quantitative estimate of drug-likeness (QED) is 0.773. The first-order chi connectivity index (χ1) is 10.8. The lowest BCUT2D eigenvalue weighted by Gasteiger charge is -2.14. The van der Waals surface area contributed by atoms with Crippen molar-refractivity contribution in [3.05, 3.63) is 23.2 Å². The molecule has 1 fully saturated rings. The zero-order valence-electron chi connectivity index (χ0n) is 12.0. The summed E-state index contributed by atoms with van der Waals surface area (Å²) < 4.78 is 29.4. The van der Waals surface area contributed by atoms with Gasteiger partial charge in [-0.1, -0.05) is 11.6 Å². The van der Waals surface area contributed by atoms with Gasteiger partial charge in [0.05, 0.1) is 17.3 Å². The van der Waals surface area contributed by atoms with Crippen LogP contribution < -0.4 is 10.1 Å². The molecule has 1 aromatic carbocycles. The number of aliphatic carboxylic acids is 1. The van der Waals surface area contributed by atoms with Gasteiger partial charge in [0.15, 0.2) is 6.61 Å². The van der Waals surface area contributed by atoms with Gasteiger partial charge in [0.25, 0.3) is 0 Å². The zero-order valence-corrected chi connectivity index (χ0v) is 13.6. The van der Waals surface area contributed by atoms with Crippen molar-refractivity contribution in [1.29, 1.82) is 0 Å². The van der Waals surface area contributed by atoms with Crippen LogP contribution in [0.2, 0.25) is 5.02 Å². The molecule has 10 heteroatoms. The standard InChI is InChI=1S/C13H15ClN2O6S/c14-10-6-9(2-3-11(10)22-8-13(18)19)15-12(17)7-16-4-1-5-23(16,20)21/h2-3,6H,1,4-5,7-8H2,(H,15,17)(H,18,19). The molecule has 0 aromatic heterocycles. The monoisotopic (exact) mass is 362 g/mol. The molecule has 2 N–H and O–H groups in total. The predicted octanol–water partition coefficient (Wildman–Crippen LogP) is 0.777. The highest BCUT2D eigenvalue weighted by Crippen LogP contribution is 2.27. The number of ether oxygens (including phenoxy) is 1. The maximum absolute atomic E-state index is 11.9. The zero-order chi connectivity index (χ0) is 17.0. The topological polar surface area (TPSA) is 113 Å². The van der Waals surface area contributed by atoms with Gasteiger partial charge in [0, 0.05) is 12.2 Å². The Labute approximate surface area is 138 Å². The van der Waals surface area contributed by atoms with Crippen LogP contribution in [0.25, 0.3) is 0 Å². The van der Waals surface area contributed by atoms with E-state index in [2.05, 4.69) is 5.32 Å². The molecule has 0 atom stereocenters. The van der Waals surface area contributed by atoms with Crippen LogP contribution in [0.3, 0.4) is 0 Å². The van der Waals surface area contributed by atoms with Crippen LogP contribution in [-0.4, -0.2) is 55.2 Å². The van der Waals surface area contributed by atoms with E-state index in [9.17, 15) is 18.0 Å². The number of carbonyl (C=O) groups excluding carboxylic acids is 1. The number of benzene rings is 1. The molecule has 23 heavy (non-hydrogen) atoms. The van der Waals surface area contributed by atoms with Crippen molar-refractivity contribution in [3.63, 3.8) is 0 Å². The Bertz CT molecular complexity index is 721. The Kier molecular flexibility index (Phi) is 5.45. The smallest absolute Gasteiger partial charge is 0.341 e. The molecule has 0 saturated carbocycles. The summed E-state index contributed by atoms with van der Waals surface area (Å²) in [6, 6.07) is 4.31. The van der Waals surface area contributed by atoms with Gasteiger partial charge in [0.1, 0.15) is 5.75 Å². The van der Waals surface area contributed by atoms with Gasteiger partial charge in [-0.15, -0.1) is 0 Å². The molecule has 1 aromatic rings. The van der Waals surface area contributed by atoms with Gasteiger partial charge in [-0.05, 0) is 24.6 Å². The minimum Gasteiger partial charge on any atom is -0.480 e. The molecule has 0 bridgehead atoms. The van der Waals surface area contributed by atoms with Gasteiger partial charge in [-0.2, -0.15) is 4.31 Å². The van der Waals surface area contributed by atoms with Crippen LogP contribution in [0.1, 0.15) is 6.42 Å². The first kappa shape index (κ1) is 17.5. The minimum atomic E-state index is -3.33. The highest BCUT2D eigenvalue weighted by Gasteiger charge is 2.29. The lowest BCUT2D eigenvalue weighted by Crippen LogP contribution is -2.34. The Hall–Kier alpha value is -1.84. The SMILES string of the molecule is O=C(O)COc1ccc(NC(=O)CN2CCCS2(=O)=O)cc1Cl. The number of nitrogens with one attached hydrogen (secondary N) is 1. The average Bonchev–Trinajstić information content (AvgIpc) is 2.76. The molecule has 1 amide bonds. The summed E-state index contributed by atoms with van der Waals surface area (Å²) in [7, 11) is -3.33. The number of amides is 1. The highest BCUT2D eigenvalue weighted by atomic mass is 35.5. The van der Waals surface area contributed by atoms with E-state index in [0.717, 1.165) is 4.31 Å². The third kappa shape index (κ3) is 4.81. The third-order valence-corrected chi connectivity index (χ3v) is 5.29. The molecule has 8 nitrogen and oxygen atoms in total. The largest absolute Gasteiger partial charge is 0.480 e. The summed E-state index contributed by atoms with van der Waals surface area (Å²) in [5.74, 6) is -1.38. The number of carboxylic acid groups (broad SMARTS) is 1. The van der Waals surface area contributed by atoms with Gasteiger partial charge in [-0.3, -0.25) is 4.79 Å². The van der Waals surface area contributed by atoms with Crippen molar-refractivity contribution in [2.45, 2.75) is 6.42 Å². The second kappa shape index (κ2) is 7.16. The summed E-state index contributed by atoms with van der Waals surface area (Å²) in [6.07, 6.45) is 0.511. The number of anilines is 1. The number of hydrogen-bond donors (Lipinski definition) is 2. The number of carbonyl (C=O) groups is 2. The van der Waals surface area contributed by atoms with E-state index in [1.807, 2.05) is 0 Å². The Balaban J connectivity index is 1.96. The Morgan fingerprint density at radius 2 is 2.13 bits per heavy atom. The van der Waals surface area contributed by atoms with Gasteiger partial charge in [-0.25, -0.2) is 13.2 Å². The first-order valence-corrected chi connectivity index (χ1v) is 8.68. The maximum Gasteiger partial charge on any atom is 0.341 e. The van der Waals surface area contributed by atoms with E-state index in [-0.39, 0.29) is 23.1 Å².